The fraction of sp³-hybridized carbons (Fsp3) is 0.484. The van der Waals surface area contributed by atoms with Crippen molar-refractivity contribution in [3.05, 3.63) is 76.9 Å². The van der Waals surface area contributed by atoms with Crippen molar-refractivity contribution < 1.29 is 18.7 Å². The van der Waals surface area contributed by atoms with Gasteiger partial charge in [-0.05, 0) is 105 Å². The van der Waals surface area contributed by atoms with E-state index >= 15 is 0 Å². The van der Waals surface area contributed by atoms with Crippen molar-refractivity contribution in [3.8, 4) is 5.75 Å². The lowest BCUT2D eigenvalue weighted by Crippen LogP contribution is -2.50. The van der Waals surface area contributed by atoms with E-state index < -0.39 is 6.36 Å². The molecule has 3 atom stereocenters. The number of ether oxygens (including phenoxy) is 1. The zero-order valence-electron chi connectivity index (χ0n) is 22.5. The monoisotopic (exact) mass is 493 g/mol. The van der Waals surface area contributed by atoms with Crippen molar-refractivity contribution in [2.45, 2.75) is 85.0 Å². The lowest BCUT2D eigenvalue weighted by atomic mass is 9.77. The van der Waals surface area contributed by atoms with Crippen LogP contribution in [0.4, 0.5) is 4.39 Å². The van der Waals surface area contributed by atoms with Crippen LogP contribution in [-0.4, -0.2) is 23.6 Å². The Morgan fingerprint density at radius 2 is 1.78 bits per heavy atom. The Kier molecular flexibility index (Phi) is 8.76. The molecule has 0 aromatic heterocycles. The molecule has 0 radical (unpaired) electrons. The number of halogens is 1. The zero-order chi connectivity index (χ0) is 26.6. The minimum atomic E-state index is -1.60. The summed E-state index contributed by atoms with van der Waals surface area (Å²) in [6.45, 7) is 15.5. The number of rotatable bonds is 11. The van der Waals surface area contributed by atoms with Crippen molar-refractivity contribution in [2.75, 3.05) is 0 Å². The normalized spacial score (nSPS) is 17.0. The van der Waals surface area contributed by atoms with E-state index in [-0.39, 0.29) is 35.0 Å². The molecule has 0 bridgehead atoms. The van der Waals surface area contributed by atoms with Gasteiger partial charge in [0.25, 0.3) is 12.3 Å². The lowest BCUT2D eigenvalue weighted by molar-refractivity contribution is -0.125. The average Bonchev–Trinajstić information content (AvgIpc) is 2.82. The van der Waals surface area contributed by atoms with Gasteiger partial charge in [0.2, 0.25) is 0 Å². The number of ketones is 1. The van der Waals surface area contributed by atoms with Gasteiger partial charge in [0.1, 0.15) is 11.5 Å². The molecule has 0 saturated heterocycles. The largest absolute Gasteiger partial charge is 0.457 e. The van der Waals surface area contributed by atoms with Gasteiger partial charge in [-0.3, -0.25) is 9.59 Å². The van der Waals surface area contributed by atoms with Crippen LogP contribution in [-0.2, 0) is 11.2 Å². The summed E-state index contributed by atoms with van der Waals surface area (Å²) < 4.78 is 18.9. The predicted octanol–water partition coefficient (Wildman–Crippen LogP) is 7.02. The second kappa shape index (κ2) is 11.4. The van der Waals surface area contributed by atoms with Crippen LogP contribution in [0.1, 0.15) is 85.5 Å². The highest BCUT2D eigenvalue weighted by Gasteiger charge is 2.34. The van der Waals surface area contributed by atoms with Gasteiger partial charge >= 0.3 is 0 Å². The van der Waals surface area contributed by atoms with Crippen LogP contribution in [0, 0.1) is 25.7 Å². The van der Waals surface area contributed by atoms with Gasteiger partial charge in [-0.25, -0.2) is 0 Å². The van der Waals surface area contributed by atoms with Crippen LogP contribution in [0.2, 0.25) is 0 Å². The predicted molar refractivity (Wildman–Crippen MR) is 143 cm³/mol. The molecule has 1 aliphatic carbocycles. The molecule has 1 aliphatic rings. The topological polar surface area (TPSA) is 55.4 Å². The van der Waals surface area contributed by atoms with Crippen LogP contribution in [0.25, 0.3) is 0 Å². The highest BCUT2D eigenvalue weighted by molar-refractivity contribution is 5.95. The van der Waals surface area contributed by atoms with Gasteiger partial charge in [0, 0.05) is 22.9 Å². The molecular weight excluding hydrogens is 453 g/mol. The van der Waals surface area contributed by atoms with E-state index in [0.717, 1.165) is 47.6 Å². The number of hydrogen-bond acceptors (Lipinski definition) is 3. The molecule has 1 fully saturated rings. The number of carbonyl (C=O) groups excluding carboxylic acids is 2. The van der Waals surface area contributed by atoms with Crippen LogP contribution in [0.15, 0.2) is 49.1 Å². The number of aryl methyl sites for hydroxylation is 2. The summed E-state index contributed by atoms with van der Waals surface area (Å²) in [5.74, 6) is -0.0559. The van der Waals surface area contributed by atoms with Gasteiger partial charge in [0.15, 0.2) is 0 Å². The Bertz CT molecular complexity index is 1120. The summed E-state index contributed by atoms with van der Waals surface area (Å²) in [5.41, 5.74) is 4.39. The summed E-state index contributed by atoms with van der Waals surface area (Å²) in [6, 6.07) is 11.1. The molecule has 1 N–H and O–H groups in total. The fourth-order valence-electron chi connectivity index (χ4n) is 4.92. The van der Waals surface area contributed by atoms with E-state index in [4.69, 9.17) is 4.74 Å². The van der Waals surface area contributed by atoms with E-state index in [9.17, 15) is 14.0 Å². The number of hydrogen-bond donors (Lipinski definition) is 1. The number of carbonyl (C=O) groups is 2. The highest BCUT2D eigenvalue weighted by Crippen LogP contribution is 2.33. The van der Waals surface area contributed by atoms with Crippen LogP contribution >= 0.6 is 0 Å². The Labute approximate surface area is 215 Å². The molecule has 194 valence electrons. The molecule has 2 aromatic rings. The first-order chi connectivity index (χ1) is 16.9. The lowest BCUT2D eigenvalue weighted by Gasteiger charge is -2.39. The summed E-state index contributed by atoms with van der Waals surface area (Å²) in [4.78, 5) is 26.7. The molecule has 5 heteroatoms. The molecule has 0 aliphatic heterocycles. The molecule has 0 spiro atoms. The number of nitrogens with one attached hydrogen (secondary N) is 1. The smallest absolute Gasteiger partial charge is 0.257 e. The summed E-state index contributed by atoms with van der Waals surface area (Å²) in [6.07, 6.45) is 3.20. The third-order valence-electron chi connectivity index (χ3n) is 7.67. The van der Waals surface area contributed by atoms with Gasteiger partial charge in [-0.2, -0.15) is 4.39 Å². The maximum Gasteiger partial charge on any atom is 0.257 e. The number of amides is 1. The van der Waals surface area contributed by atoms with Crippen molar-refractivity contribution >= 4 is 11.7 Å². The quantitative estimate of drug-likeness (QED) is 0.342. The first-order valence-electron chi connectivity index (χ1n) is 12.9. The van der Waals surface area contributed by atoms with Crippen LogP contribution in [0.3, 0.4) is 0 Å². The van der Waals surface area contributed by atoms with Crippen molar-refractivity contribution in [3.63, 3.8) is 0 Å². The van der Waals surface area contributed by atoms with E-state index in [1.807, 2.05) is 45.0 Å². The van der Waals surface area contributed by atoms with Gasteiger partial charge < -0.3 is 10.1 Å². The maximum atomic E-state index is 13.8. The van der Waals surface area contributed by atoms with Crippen molar-refractivity contribution in [2.24, 2.45) is 11.8 Å². The minimum Gasteiger partial charge on any atom is -0.457 e. The molecule has 0 heterocycles. The molecule has 1 saturated carbocycles. The van der Waals surface area contributed by atoms with Gasteiger partial charge in [-0.1, -0.05) is 39.5 Å². The second-order valence-electron chi connectivity index (χ2n) is 10.9. The van der Waals surface area contributed by atoms with Gasteiger partial charge in [0.05, 0.1) is 0 Å². The zero-order valence-corrected chi connectivity index (χ0v) is 22.5. The molecule has 36 heavy (non-hydrogen) atoms. The third kappa shape index (κ3) is 6.43. The summed E-state index contributed by atoms with van der Waals surface area (Å²) >= 11 is 0. The van der Waals surface area contributed by atoms with Crippen molar-refractivity contribution in [1.82, 2.24) is 5.32 Å². The third-order valence-corrected chi connectivity index (χ3v) is 7.67. The van der Waals surface area contributed by atoms with Crippen LogP contribution in [0.5, 0.6) is 5.75 Å². The summed E-state index contributed by atoms with van der Waals surface area (Å²) in [7, 11) is 0. The van der Waals surface area contributed by atoms with Crippen LogP contribution < -0.4 is 10.1 Å². The van der Waals surface area contributed by atoms with Gasteiger partial charge in [-0.15, -0.1) is 0 Å². The first kappa shape index (κ1) is 27.6. The highest BCUT2D eigenvalue weighted by atomic mass is 19.1. The Hall–Kier alpha value is -2.95. The maximum absolute atomic E-state index is 13.8. The molecular formula is C31H40FNO3. The average molecular weight is 494 g/mol. The number of benzene rings is 2. The Balaban J connectivity index is 1.82. The molecule has 3 rings (SSSR count). The van der Waals surface area contributed by atoms with E-state index in [1.165, 1.54) is 0 Å². The Morgan fingerprint density at radius 1 is 1.11 bits per heavy atom. The van der Waals surface area contributed by atoms with E-state index in [1.54, 1.807) is 12.1 Å². The Morgan fingerprint density at radius 3 is 2.36 bits per heavy atom. The minimum absolute atomic E-state index is 0.0580. The van der Waals surface area contributed by atoms with E-state index in [2.05, 4.69) is 32.7 Å². The summed E-state index contributed by atoms with van der Waals surface area (Å²) in [5, 5.41) is 3.17. The number of Topliss-reactive ketones (excluding diaryl/α,β-unsaturated/α-hetero) is 1. The van der Waals surface area contributed by atoms with Crippen molar-refractivity contribution in [1.29, 1.82) is 0 Å². The number of alkyl halides is 1. The molecule has 3 unspecified atom stereocenters. The SMILES string of the molecule is C=CC(F)Oc1ccc(C)c(C(C)C(=O)C(Cc2cc(C(=O)NC3(C)CCC3)ccc2C)C(C)C)c1. The van der Waals surface area contributed by atoms with E-state index in [0.29, 0.717) is 17.7 Å². The second-order valence-corrected chi connectivity index (χ2v) is 10.9. The fourth-order valence-corrected chi connectivity index (χ4v) is 4.92. The molecule has 1 amide bonds. The molecule has 4 nitrogen and oxygen atoms in total. The molecule has 2 aromatic carbocycles. The first-order valence-corrected chi connectivity index (χ1v) is 12.9. The standard InChI is InChI=1S/C31H40FNO3/c1-8-28(32)36-25-13-11-21(5)27(18-25)22(6)29(34)26(19(2)3)17-24-16-23(12-10-20(24)4)30(35)33-31(7)14-9-15-31/h8,10-13,16,18-19,22,26,28H,1,9,14-15,17H2,2-7H3,(H,33,35).